The number of esters is 1. The molecule has 2 aromatic carbocycles. The molecule has 2 rings (SSSR count). The van der Waals surface area contributed by atoms with E-state index >= 15 is 0 Å². The number of carbonyl (C=O) groups is 1. The van der Waals surface area contributed by atoms with Crippen LogP contribution in [0.25, 0.3) is 10.8 Å². The van der Waals surface area contributed by atoms with Gasteiger partial charge in [0, 0.05) is 5.39 Å². The molecule has 82 valence electrons. The number of carbonyl (C=O) groups excluding carboxylic acids is 1. The van der Waals surface area contributed by atoms with Crippen LogP contribution in [-0.2, 0) is 4.79 Å². The monoisotopic (exact) mass is 222 g/mol. The summed E-state index contributed by atoms with van der Waals surface area (Å²) in [5.74, 6) is -1.38. The van der Waals surface area contributed by atoms with E-state index < -0.39 is 12.4 Å². The molecule has 2 nitrogen and oxygen atoms in total. The summed E-state index contributed by atoms with van der Waals surface area (Å²) in [6.07, 6.45) is -3.11. The van der Waals surface area contributed by atoms with Crippen molar-refractivity contribution in [2.75, 3.05) is 0 Å². The maximum absolute atomic E-state index is 12.0. The van der Waals surface area contributed by atoms with Gasteiger partial charge in [0.15, 0.2) is 0 Å². The second-order valence-electron chi connectivity index (χ2n) is 3.20. The minimum absolute atomic E-state index is 0.156. The van der Waals surface area contributed by atoms with Crippen LogP contribution in [0.3, 0.4) is 0 Å². The van der Waals surface area contributed by atoms with Gasteiger partial charge in [0.05, 0.1) is 0 Å². The van der Waals surface area contributed by atoms with Crippen molar-refractivity contribution in [2.45, 2.75) is 6.43 Å². The van der Waals surface area contributed by atoms with Gasteiger partial charge in [0.25, 0.3) is 0 Å². The van der Waals surface area contributed by atoms with E-state index in [1.54, 1.807) is 18.2 Å². The Bertz CT molecular complexity index is 518. The Morgan fingerprint density at radius 2 is 1.75 bits per heavy atom. The van der Waals surface area contributed by atoms with Gasteiger partial charge in [-0.05, 0) is 11.5 Å². The zero-order valence-corrected chi connectivity index (χ0v) is 8.19. The van der Waals surface area contributed by atoms with Crippen LogP contribution in [0, 0.1) is 0 Å². The van der Waals surface area contributed by atoms with Gasteiger partial charge in [0.2, 0.25) is 0 Å². The third-order valence-corrected chi connectivity index (χ3v) is 2.14. The van der Waals surface area contributed by atoms with E-state index in [0.717, 1.165) is 5.39 Å². The Balaban J connectivity index is 2.41. The first kappa shape index (κ1) is 10.5. The Morgan fingerprint density at radius 1 is 1.06 bits per heavy atom. The number of halogens is 2. The predicted octanol–water partition coefficient (Wildman–Crippen LogP) is 3.01. The molecule has 0 radical (unpaired) electrons. The zero-order valence-electron chi connectivity index (χ0n) is 8.19. The van der Waals surface area contributed by atoms with Crippen LogP contribution in [0.2, 0.25) is 0 Å². The molecule has 0 atom stereocenters. The Kier molecular flexibility index (Phi) is 2.81. The van der Waals surface area contributed by atoms with Crippen LogP contribution in [0.4, 0.5) is 8.78 Å². The van der Waals surface area contributed by atoms with Crippen LogP contribution in [0.5, 0.6) is 5.75 Å². The maximum atomic E-state index is 12.0. The molecule has 0 aliphatic carbocycles. The first-order chi connectivity index (χ1) is 7.68. The van der Waals surface area contributed by atoms with Crippen molar-refractivity contribution < 1.29 is 18.3 Å². The number of rotatable bonds is 2. The fourth-order valence-electron chi connectivity index (χ4n) is 1.44. The molecule has 0 N–H and O–H groups in total. The summed E-state index contributed by atoms with van der Waals surface area (Å²) in [6.45, 7) is 0. The summed E-state index contributed by atoms with van der Waals surface area (Å²) in [7, 11) is 0. The molecule has 0 saturated heterocycles. The second-order valence-corrected chi connectivity index (χ2v) is 3.20. The molecule has 0 amide bonds. The highest BCUT2D eigenvalue weighted by Crippen LogP contribution is 2.25. The number of hydrogen-bond acceptors (Lipinski definition) is 2. The number of fused-ring (bicyclic) bond motifs is 1. The molecule has 4 heteroatoms. The smallest absolute Gasteiger partial charge is 0.379 e. The molecule has 0 fully saturated rings. The summed E-state index contributed by atoms with van der Waals surface area (Å²) in [5.41, 5.74) is 0. The highest BCUT2D eigenvalue weighted by atomic mass is 19.3. The van der Waals surface area contributed by atoms with E-state index in [9.17, 15) is 13.6 Å². The van der Waals surface area contributed by atoms with Crippen LogP contribution >= 0.6 is 0 Å². The van der Waals surface area contributed by atoms with Gasteiger partial charge in [0.1, 0.15) is 5.75 Å². The lowest BCUT2D eigenvalue weighted by molar-refractivity contribution is -0.146. The van der Waals surface area contributed by atoms with Crippen LogP contribution in [-0.4, -0.2) is 12.4 Å². The molecule has 0 saturated carbocycles. The lowest BCUT2D eigenvalue weighted by Crippen LogP contribution is -2.17. The van der Waals surface area contributed by atoms with Crippen molar-refractivity contribution in [3.8, 4) is 5.75 Å². The lowest BCUT2D eigenvalue weighted by Gasteiger charge is -2.06. The summed E-state index contributed by atoms with van der Waals surface area (Å²) in [5, 5.41) is 1.47. The van der Waals surface area contributed by atoms with Gasteiger partial charge >= 0.3 is 12.4 Å². The molecule has 0 aliphatic heterocycles. The fourth-order valence-corrected chi connectivity index (χ4v) is 1.44. The molecule has 0 aromatic heterocycles. The topological polar surface area (TPSA) is 26.3 Å². The van der Waals surface area contributed by atoms with E-state index in [1.165, 1.54) is 6.07 Å². The molecule has 16 heavy (non-hydrogen) atoms. The van der Waals surface area contributed by atoms with E-state index in [4.69, 9.17) is 0 Å². The van der Waals surface area contributed by atoms with E-state index in [0.29, 0.717) is 5.39 Å². The molecular formula is C12H8F2O2. The molecule has 0 heterocycles. The third-order valence-electron chi connectivity index (χ3n) is 2.14. The van der Waals surface area contributed by atoms with Crippen molar-refractivity contribution in [1.82, 2.24) is 0 Å². The van der Waals surface area contributed by atoms with Crippen LogP contribution in [0.15, 0.2) is 42.5 Å². The quantitative estimate of drug-likeness (QED) is 0.576. The molecule has 2 aromatic rings. The van der Waals surface area contributed by atoms with Gasteiger partial charge in [-0.25, -0.2) is 4.79 Å². The number of benzene rings is 2. The number of hydrogen-bond donors (Lipinski definition) is 0. The van der Waals surface area contributed by atoms with Crippen molar-refractivity contribution in [1.29, 1.82) is 0 Å². The van der Waals surface area contributed by atoms with Crippen molar-refractivity contribution >= 4 is 16.7 Å². The van der Waals surface area contributed by atoms with Crippen LogP contribution in [0.1, 0.15) is 0 Å². The molecule has 0 unspecified atom stereocenters. The largest absolute Gasteiger partial charge is 0.422 e. The first-order valence-corrected chi connectivity index (χ1v) is 4.66. The lowest BCUT2D eigenvalue weighted by atomic mass is 10.1. The van der Waals surface area contributed by atoms with Gasteiger partial charge < -0.3 is 4.74 Å². The third kappa shape index (κ3) is 2.00. The summed E-state index contributed by atoms with van der Waals surface area (Å²) in [4.78, 5) is 10.8. The van der Waals surface area contributed by atoms with Gasteiger partial charge in [-0.1, -0.05) is 36.4 Å². The standard InChI is InChI=1S/C12H8F2O2/c13-11(14)12(15)16-10-7-3-5-8-4-1-2-6-9(8)10/h1-7,11H. The summed E-state index contributed by atoms with van der Waals surface area (Å²) >= 11 is 0. The average molecular weight is 222 g/mol. The van der Waals surface area contributed by atoms with Gasteiger partial charge in [-0.15, -0.1) is 0 Å². The van der Waals surface area contributed by atoms with Crippen molar-refractivity contribution in [2.24, 2.45) is 0 Å². The predicted molar refractivity (Wildman–Crippen MR) is 55.6 cm³/mol. The minimum Gasteiger partial charge on any atom is -0.422 e. The number of ether oxygens (including phenoxy) is 1. The fraction of sp³-hybridized carbons (Fsp3) is 0.0833. The van der Waals surface area contributed by atoms with E-state index in [-0.39, 0.29) is 5.75 Å². The van der Waals surface area contributed by atoms with Crippen molar-refractivity contribution in [3.05, 3.63) is 42.5 Å². The van der Waals surface area contributed by atoms with Crippen LogP contribution < -0.4 is 4.74 Å². The Morgan fingerprint density at radius 3 is 2.50 bits per heavy atom. The average Bonchev–Trinajstić information content (AvgIpc) is 2.29. The second kappa shape index (κ2) is 4.26. The SMILES string of the molecule is O=C(Oc1cccc2ccccc12)C(F)F. The molecule has 0 spiro atoms. The summed E-state index contributed by atoms with van der Waals surface area (Å²) < 4.78 is 28.7. The number of alkyl halides is 2. The summed E-state index contributed by atoms with van der Waals surface area (Å²) in [6, 6.07) is 12.1. The highest BCUT2D eigenvalue weighted by Gasteiger charge is 2.18. The Hall–Kier alpha value is -1.97. The molecular weight excluding hydrogens is 214 g/mol. The first-order valence-electron chi connectivity index (χ1n) is 4.66. The van der Waals surface area contributed by atoms with E-state index in [2.05, 4.69) is 4.74 Å². The van der Waals surface area contributed by atoms with Gasteiger partial charge in [-0.3, -0.25) is 0 Å². The normalized spacial score (nSPS) is 10.7. The highest BCUT2D eigenvalue weighted by molar-refractivity contribution is 5.90. The molecule has 0 bridgehead atoms. The minimum atomic E-state index is -3.11. The zero-order chi connectivity index (χ0) is 11.5. The maximum Gasteiger partial charge on any atom is 0.379 e. The molecule has 0 aliphatic rings. The van der Waals surface area contributed by atoms with E-state index in [1.807, 2.05) is 18.2 Å². The Labute approximate surface area is 90.4 Å². The van der Waals surface area contributed by atoms with Gasteiger partial charge in [-0.2, -0.15) is 8.78 Å². The van der Waals surface area contributed by atoms with Crippen molar-refractivity contribution in [3.63, 3.8) is 0 Å².